The maximum absolute atomic E-state index is 11.6. The maximum Gasteiger partial charge on any atom is 0.177 e. The molecule has 4 heteroatoms. The van der Waals surface area contributed by atoms with Gasteiger partial charge in [-0.2, -0.15) is 0 Å². The average molecular weight is 233 g/mol. The van der Waals surface area contributed by atoms with Crippen molar-refractivity contribution in [2.45, 2.75) is 4.90 Å². The number of aromatic nitrogens is 1. The van der Waals surface area contributed by atoms with Gasteiger partial charge in [-0.1, -0.05) is 30.3 Å². The normalized spacial score (nSPS) is 11.3. The third-order valence-corrected chi connectivity index (χ3v) is 3.35. The molecule has 0 atom stereocenters. The summed E-state index contributed by atoms with van der Waals surface area (Å²) in [4.78, 5) is 4.40. The van der Waals surface area contributed by atoms with Crippen molar-refractivity contribution in [3.05, 3.63) is 48.7 Å². The van der Waals surface area contributed by atoms with Crippen molar-refractivity contribution in [2.75, 3.05) is 6.26 Å². The van der Waals surface area contributed by atoms with E-state index < -0.39 is 9.84 Å². The lowest BCUT2D eigenvalue weighted by Crippen LogP contribution is -2.01. The summed E-state index contributed by atoms with van der Waals surface area (Å²) in [5.74, 6) is 0. The highest BCUT2D eigenvalue weighted by molar-refractivity contribution is 7.90. The average Bonchev–Trinajstić information content (AvgIpc) is 2.29. The maximum atomic E-state index is 11.6. The number of hydrogen-bond donors (Lipinski definition) is 0. The molecule has 0 amide bonds. The number of hydrogen-bond acceptors (Lipinski definition) is 3. The molecule has 16 heavy (non-hydrogen) atoms. The van der Waals surface area contributed by atoms with E-state index >= 15 is 0 Å². The minimum Gasteiger partial charge on any atom is -0.255 e. The van der Waals surface area contributed by atoms with Crippen molar-refractivity contribution in [1.29, 1.82) is 0 Å². The smallest absolute Gasteiger partial charge is 0.177 e. The van der Waals surface area contributed by atoms with E-state index in [4.69, 9.17) is 0 Å². The Bertz CT molecular complexity index is 591. The zero-order chi connectivity index (χ0) is 11.6. The van der Waals surface area contributed by atoms with E-state index in [1.807, 2.05) is 30.3 Å². The van der Waals surface area contributed by atoms with E-state index in [0.717, 1.165) is 5.56 Å². The Morgan fingerprint density at radius 3 is 2.31 bits per heavy atom. The quantitative estimate of drug-likeness (QED) is 0.798. The van der Waals surface area contributed by atoms with Gasteiger partial charge >= 0.3 is 0 Å². The lowest BCUT2D eigenvalue weighted by atomic mass is 10.1. The molecule has 0 unspecified atom stereocenters. The molecule has 0 aliphatic carbocycles. The van der Waals surface area contributed by atoms with Crippen LogP contribution in [0.5, 0.6) is 0 Å². The SMILES string of the molecule is CS(=O)(=O)c1cccnc1-c1ccccc1. The molecule has 0 saturated carbocycles. The van der Waals surface area contributed by atoms with E-state index in [9.17, 15) is 8.42 Å². The van der Waals surface area contributed by atoms with Crippen molar-refractivity contribution in [2.24, 2.45) is 0 Å². The van der Waals surface area contributed by atoms with Crippen LogP contribution in [0.1, 0.15) is 0 Å². The number of nitrogens with zero attached hydrogens (tertiary/aromatic N) is 1. The summed E-state index contributed by atoms with van der Waals surface area (Å²) in [5, 5.41) is 0. The van der Waals surface area contributed by atoms with Crippen molar-refractivity contribution in [3.63, 3.8) is 0 Å². The fourth-order valence-electron chi connectivity index (χ4n) is 1.50. The molecule has 2 rings (SSSR count). The molecule has 0 aliphatic heterocycles. The van der Waals surface area contributed by atoms with Crippen LogP contribution in [0.2, 0.25) is 0 Å². The fourth-order valence-corrected chi connectivity index (χ4v) is 2.35. The molecular weight excluding hydrogens is 222 g/mol. The number of pyridine rings is 1. The number of rotatable bonds is 2. The molecule has 0 radical (unpaired) electrons. The molecule has 1 aromatic carbocycles. The Hall–Kier alpha value is -1.68. The Balaban J connectivity index is 2.68. The van der Waals surface area contributed by atoms with Gasteiger partial charge in [0.25, 0.3) is 0 Å². The first-order valence-corrected chi connectivity index (χ1v) is 6.68. The predicted molar refractivity (Wildman–Crippen MR) is 62.8 cm³/mol. The largest absolute Gasteiger partial charge is 0.255 e. The summed E-state index contributed by atoms with van der Waals surface area (Å²) >= 11 is 0. The van der Waals surface area contributed by atoms with Gasteiger partial charge in [0.15, 0.2) is 9.84 Å². The fraction of sp³-hybridized carbons (Fsp3) is 0.0833. The van der Waals surface area contributed by atoms with Crippen LogP contribution >= 0.6 is 0 Å². The first-order chi connectivity index (χ1) is 7.59. The minimum atomic E-state index is -3.24. The summed E-state index contributed by atoms with van der Waals surface area (Å²) in [6.45, 7) is 0. The van der Waals surface area contributed by atoms with Gasteiger partial charge in [-0.15, -0.1) is 0 Å². The highest BCUT2D eigenvalue weighted by atomic mass is 32.2. The van der Waals surface area contributed by atoms with E-state index in [2.05, 4.69) is 4.98 Å². The predicted octanol–water partition coefficient (Wildman–Crippen LogP) is 2.15. The van der Waals surface area contributed by atoms with Crippen LogP contribution in [-0.2, 0) is 9.84 Å². The van der Waals surface area contributed by atoms with Crippen LogP contribution in [0.25, 0.3) is 11.3 Å². The van der Waals surface area contributed by atoms with Gasteiger partial charge in [-0.25, -0.2) is 8.42 Å². The van der Waals surface area contributed by atoms with E-state index in [1.54, 1.807) is 18.3 Å². The molecule has 1 aromatic heterocycles. The standard InChI is InChI=1S/C12H11NO2S/c1-16(14,15)11-8-5-9-13-12(11)10-6-3-2-4-7-10/h2-9H,1H3. The number of benzene rings is 1. The van der Waals surface area contributed by atoms with Crippen LogP contribution in [0, 0.1) is 0 Å². The number of sulfone groups is 1. The molecule has 0 fully saturated rings. The van der Waals surface area contributed by atoms with Crippen LogP contribution in [0.4, 0.5) is 0 Å². The third-order valence-electron chi connectivity index (χ3n) is 2.22. The van der Waals surface area contributed by atoms with Gasteiger partial charge < -0.3 is 0 Å². The van der Waals surface area contributed by atoms with Crippen LogP contribution in [-0.4, -0.2) is 19.7 Å². The summed E-state index contributed by atoms with van der Waals surface area (Å²) in [6, 6.07) is 12.5. The second-order valence-corrected chi connectivity index (χ2v) is 5.47. The summed E-state index contributed by atoms with van der Waals surface area (Å²) < 4.78 is 23.2. The monoisotopic (exact) mass is 233 g/mol. The Morgan fingerprint density at radius 2 is 1.69 bits per heavy atom. The first kappa shape index (κ1) is 10.8. The lowest BCUT2D eigenvalue weighted by molar-refractivity contribution is 0.602. The summed E-state index contributed by atoms with van der Waals surface area (Å²) in [5.41, 5.74) is 1.31. The molecule has 1 heterocycles. The highest BCUT2D eigenvalue weighted by Crippen LogP contribution is 2.24. The third kappa shape index (κ3) is 2.12. The molecule has 0 N–H and O–H groups in total. The van der Waals surface area contributed by atoms with Crippen molar-refractivity contribution < 1.29 is 8.42 Å². The lowest BCUT2D eigenvalue weighted by Gasteiger charge is -2.06. The molecule has 2 aromatic rings. The van der Waals surface area contributed by atoms with Crippen LogP contribution < -0.4 is 0 Å². The van der Waals surface area contributed by atoms with Gasteiger partial charge in [-0.05, 0) is 12.1 Å². The molecule has 0 spiro atoms. The molecule has 0 saturated heterocycles. The van der Waals surface area contributed by atoms with E-state index in [1.165, 1.54) is 6.26 Å². The summed E-state index contributed by atoms with van der Waals surface area (Å²) in [7, 11) is -3.24. The molecule has 0 aliphatic rings. The molecule has 3 nitrogen and oxygen atoms in total. The zero-order valence-electron chi connectivity index (χ0n) is 8.79. The van der Waals surface area contributed by atoms with Gasteiger partial charge in [0.2, 0.25) is 0 Å². The van der Waals surface area contributed by atoms with Crippen molar-refractivity contribution in [3.8, 4) is 11.3 Å². The Morgan fingerprint density at radius 1 is 1.00 bits per heavy atom. The molecular formula is C12H11NO2S. The second kappa shape index (κ2) is 4.06. The zero-order valence-corrected chi connectivity index (χ0v) is 9.61. The molecule has 0 bridgehead atoms. The van der Waals surface area contributed by atoms with Gasteiger partial charge in [0, 0.05) is 18.0 Å². The Labute approximate surface area is 94.7 Å². The first-order valence-electron chi connectivity index (χ1n) is 4.79. The summed E-state index contributed by atoms with van der Waals surface area (Å²) in [6.07, 6.45) is 2.79. The molecule has 82 valence electrons. The minimum absolute atomic E-state index is 0.265. The van der Waals surface area contributed by atoms with E-state index in [-0.39, 0.29) is 4.90 Å². The van der Waals surface area contributed by atoms with Crippen molar-refractivity contribution >= 4 is 9.84 Å². The Kier molecular flexibility index (Phi) is 2.75. The van der Waals surface area contributed by atoms with Gasteiger partial charge in [0.1, 0.15) is 0 Å². The van der Waals surface area contributed by atoms with Crippen LogP contribution in [0.15, 0.2) is 53.6 Å². The van der Waals surface area contributed by atoms with E-state index in [0.29, 0.717) is 5.69 Å². The van der Waals surface area contributed by atoms with Gasteiger partial charge in [-0.3, -0.25) is 4.98 Å². The van der Waals surface area contributed by atoms with Gasteiger partial charge in [0.05, 0.1) is 10.6 Å². The topological polar surface area (TPSA) is 47.0 Å². The van der Waals surface area contributed by atoms with Crippen LogP contribution in [0.3, 0.4) is 0 Å². The highest BCUT2D eigenvalue weighted by Gasteiger charge is 2.14. The second-order valence-electron chi connectivity index (χ2n) is 3.49. The van der Waals surface area contributed by atoms with Crippen molar-refractivity contribution in [1.82, 2.24) is 4.98 Å².